The second-order valence-electron chi connectivity index (χ2n) is 4.41. The van der Waals surface area contributed by atoms with Crippen LogP contribution in [0.15, 0.2) is 35.9 Å². The number of nitrogens with one attached hydrogen (secondary N) is 1. The maximum Gasteiger partial charge on any atom is 0.418 e. The highest BCUT2D eigenvalue weighted by Crippen LogP contribution is 2.34. The number of hydrogen-bond acceptors (Lipinski definition) is 2. The first-order chi connectivity index (χ1) is 9.74. The Morgan fingerprint density at radius 3 is 2.48 bits per heavy atom. The van der Waals surface area contributed by atoms with Gasteiger partial charge < -0.3 is 5.32 Å². The number of benzene rings is 1. The van der Waals surface area contributed by atoms with Crippen LogP contribution in [-0.2, 0) is 11.0 Å². The molecule has 0 radical (unpaired) electrons. The Morgan fingerprint density at radius 1 is 1.33 bits per heavy atom. The second-order valence-corrected chi connectivity index (χ2v) is 4.95. The van der Waals surface area contributed by atoms with Gasteiger partial charge in [-0.15, -0.1) is 0 Å². The summed E-state index contributed by atoms with van der Waals surface area (Å²) in [5.74, 6) is -0.536. The van der Waals surface area contributed by atoms with Gasteiger partial charge in [-0.1, -0.05) is 37.2 Å². The molecule has 0 aliphatic heterocycles. The number of likely N-dealkylation sites (N-methyl/N-ethyl adjacent to an activating group) is 1. The van der Waals surface area contributed by atoms with Gasteiger partial charge in [-0.3, -0.25) is 9.69 Å². The maximum atomic E-state index is 12.8. The van der Waals surface area contributed by atoms with Gasteiger partial charge in [0.2, 0.25) is 5.91 Å². The molecule has 1 N–H and O–H groups in total. The van der Waals surface area contributed by atoms with Gasteiger partial charge in [-0.25, -0.2) is 0 Å². The largest absolute Gasteiger partial charge is 0.418 e. The van der Waals surface area contributed by atoms with E-state index in [0.717, 1.165) is 6.07 Å². The summed E-state index contributed by atoms with van der Waals surface area (Å²) in [6.07, 6.45) is -4.52. The zero-order valence-corrected chi connectivity index (χ0v) is 12.3. The molecule has 1 aromatic carbocycles. The third-order valence-electron chi connectivity index (χ3n) is 2.72. The molecular formula is C14H16ClF3N2O. The number of halogens is 4. The van der Waals surface area contributed by atoms with Gasteiger partial charge in [-0.2, -0.15) is 13.2 Å². The molecule has 0 atom stereocenters. The molecule has 0 aliphatic carbocycles. The summed E-state index contributed by atoms with van der Waals surface area (Å²) in [5.41, 5.74) is -1.13. The van der Waals surface area contributed by atoms with Gasteiger partial charge in [0.25, 0.3) is 0 Å². The number of nitrogens with zero attached hydrogens (tertiary/aromatic N) is 1. The van der Waals surface area contributed by atoms with Crippen LogP contribution in [0.2, 0.25) is 0 Å². The highest BCUT2D eigenvalue weighted by Gasteiger charge is 2.33. The predicted octanol–water partition coefficient (Wildman–Crippen LogP) is 3.72. The zero-order valence-electron chi connectivity index (χ0n) is 11.5. The highest BCUT2D eigenvalue weighted by atomic mass is 35.5. The van der Waals surface area contributed by atoms with E-state index in [4.69, 9.17) is 11.6 Å². The van der Waals surface area contributed by atoms with Crippen molar-refractivity contribution in [3.05, 3.63) is 41.4 Å². The monoisotopic (exact) mass is 320 g/mol. The number of carbonyl (C=O) groups excluding carboxylic acids is 1. The minimum Gasteiger partial charge on any atom is -0.324 e. The van der Waals surface area contributed by atoms with Crippen LogP contribution < -0.4 is 5.32 Å². The van der Waals surface area contributed by atoms with Crippen molar-refractivity contribution in [1.82, 2.24) is 4.90 Å². The van der Waals surface area contributed by atoms with Crippen LogP contribution in [0, 0.1) is 0 Å². The van der Waals surface area contributed by atoms with Crippen molar-refractivity contribution >= 4 is 23.2 Å². The molecule has 1 rings (SSSR count). The van der Waals surface area contributed by atoms with Crippen molar-refractivity contribution in [2.75, 3.05) is 25.0 Å². The van der Waals surface area contributed by atoms with E-state index in [-0.39, 0.29) is 12.2 Å². The first-order valence-electron chi connectivity index (χ1n) is 6.25. The molecule has 0 spiro atoms. The number of alkyl halides is 3. The average molecular weight is 321 g/mol. The zero-order chi connectivity index (χ0) is 16.0. The fraction of sp³-hybridized carbons (Fsp3) is 0.357. The van der Waals surface area contributed by atoms with E-state index < -0.39 is 17.6 Å². The number of carbonyl (C=O) groups is 1. The molecule has 7 heteroatoms. The molecule has 0 heterocycles. The Balaban J connectivity index is 2.77. The molecule has 0 bridgehead atoms. The van der Waals surface area contributed by atoms with Gasteiger partial charge in [-0.05, 0) is 18.7 Å². The quantitative estimate of drug-likeness (QED) is 0.866. The second kappa shape index (κ2) is 7.47. The molecule has 3 nitrogen and oxygen atoms in total. The summed E-state index contributed by atoms with van der Waals surface area (Å²) in [7, 11) is 0. The standard InChI is InChI=1S/C14H16ClF3N2O/c1-3-20(8-10(2)15)9-13(21)19-12-7-5-4-6-11(12)14(16,17)18/h4-7H,2-3,8-9H2,1H3,(H,19,21). The fourth-order valence-corrected chi connectivity index (χ4v) is 1.92. The lowest BCUT2D eigenvalue weighted by molar-refractivity contribution is -0.137. The molecule has 0 saturated heterocycles. The predicted molar refractivity (Wildman–Crippen MR) is 77.2 cm³/mol. The van der Waals surface area contributed by atoms with E-state index in [2.05, 4.69) is 11.9 Å². The topological polar surface area (TPSA) is 32.3 Å². The van der Waals surface area contributed by atoms with E-state index in [1.807, 2.05) is 6.92 Å². The van der Waals surface area contributed by atoms with Crippen LogP contribution in [0.1, 0.15) is 12.5 Å². The van der Waals surface area contributed by atoms with Crippen molar-refractivity contribution in [1.29, 1.82) is 0 Å². The molecule has 0 aromatic heterocycles. The molecule has 1 amide bonds. The molecule has 1 aromatic rings. The van der Waals surface area contributed by atoms with Crippen LogP contribution in [0.3, 0.4) is 0 Å². The lowest BCUT2D eigenvalue weighted by Gasteiger charge is -2.20. The highest BCUT2D eigenvalue weighted by molar-refractivity contribution is 6.29. The Kier molecular flexibility index (Phi) is 6.23. The van der Waals surface area contributed by atoms with E-state index in [1.165, 1.54) is 18.2 Å². The van der Waals surface area contributed by atoms with Crippen LogP contribution in [-0.4, -0.2) is 30.4 Å². The molecular weight excluding hydrogens is 305 g/mol. The first kappa shape index (κ1) is 17.5. The van der Waals surface area contributed by atoms with E-state index in [1.54, 1.807) is 4.90 Å². The summed E-state index contributed by atoms with van der Waals surface area (Å²) in [6, 6.07) is 4.85. The maximum absolute atomic E-state index is 12.8. The minimum atomic E-state index is -4.52. The summed E-state index contributed by atoms with van der Waals surface area (Å²) in [5, 5.41) is 2.64. The third kappa shape index (κ3) is 5.77. The number of para-hydroxylation sites is 1. The molecule has 0 unspecified atom stereocenters. The van der Waals surface area contributed by atoms with Gasteiger partial charge >= 0.3 is 6.18 Å². The third-order valence-corrected chi connectivity index (χ3v) is 2.84. The Morgan fingerprint density at radius 2 is 1.95 bits per heavy atom. The van der Waals surface area contributed by atoms with E-state index in [0.29, 0.717) is 18.1 Å². The van der Waals surface area contributed by atoms with Crippen LogP contribution in [0.4, 0.5) is 18.9 Å². The van der Waals surface area contributed by atoms with Crippen molar-refractivity contribution in [2.45, 2.75) is 13.1 Å². The lowest BCUT2D eigenvalue weighted by Crippen LogP contribution is -2.34. The van der Waals surface area contributed by atoms with Crippen LogP contribution >= 0.6 is 11.6 Å². The van der Waals surface area contributed by atoms with Crippen molar-refractivity contribution in [2.24, 2.45) is 0 Å². The number of rotatable bonds is 6. The Hall–Kier alpha value is -1.53. The van der Waals surface area contributed by atoms with Crippen LogP contribution in [0.25, 0.3) is 0 Å². The number of hydrogen-bond donors (Lipinski definition) is 1. The van der Waals surface area contributed by atoms with Gasteiger partial charge in [0.1, 0.15) is 0 Å². The molecule has 116 valence electrons. The van der Waals surface area contributed by atoms with Crippen LogP contribution in [0.5, 0.6) is 0 Å². The summed E-state index contributed by atoms with van der Waals surface area (Å²) >= 11 is 5.66. The summed E-state index contributed by atoms with van der Waals surface area (Å²) in [4.78, 5) is 13.5. The minimum absolute atomic E-state index is 0.0611. The smallest absolute Gasteiger partial charge is 0.324 e. The van der Waals surface area contributed by atoms with Crippen molar-refractivity contribution in [3.8, 4) is 0 Å². The van der Waals surface area contributed by atoms with Gasteiger partial charge in [0, 0.05) is 11.6 Å². The Bertz CT molecular complexity index is 517. The molecule has 0 fully saturated rings. The number of amides is 1. The van der Waals surface area contributed by atoms with Crippen molar-refractivity contribution in [3.63, 3.8) is 0 Å². The van der Waals surface area contributed by atoms with Gasteiger partial charge in [0.05, 0.1) is 17.8 Å². The SMILES string of the molecule is C=C(Cl)CN(CC)CC(=O)Nc1ccccc1C(F)(F)F. The van der Waals surface area contributed by atoms with Gasteiger partial charge in [0.15, 0.2) is 0 Å². The lowest BCUT2D eigenvalue weighted by atomic mass is 10.1. The molecule has 21 heavy (non-hydrogen) atoms. The van der Waals surface area contributed by atoms with Crippen molar-refractivity contribution < 1.29 is 18.0 Å². The fourth-order valence-electron chi connectivity index (χ4n) is 1.75. The summed E-state index contributed by atoms with van der Waals surface area (Å²) in [6.45, 7) is 6.10. The average Bonchev–Trinajstić information content (AvgIpc) is 2.36. The number of anilines is 1. The first-order valence-corrected chi connectivity index (χ1v) is 6.63. The molecule has 0 aliphatic rings. The van der Waals surface area contributed by atoms with E-state index >= 15 is 0 Å². The Labute approximate surface area is 126 Å². The van der Waals surface area contributed by atoms with E-state index in [9.17, 15) is 18.0 Å². The normalized spacial score (nSPS) is 11.5. The summed E-state index contributed by atoms with van der Waals surface area (Å²) < 4.78 is 38.4. The molecule has 0 saturated carbocycles.